The van der Waals surface area contributed by atoms with Gasteiger partial charge in [0.15, 0.2) is 23.3 Å². The number of rotatable bonds is 2. The lowest BCUT2D eigenvalue weighted by Gasteiger charge is -2.58. The molecule has 3 fully saturated rings. The normalized spacial score (nSPS) is 46.5. The van der Waals surface area contributed by atoms with Gasteiger partial charge in [0.2, 0.25) is 0 Å². The van der Waals surface area contributed by atoms with Crippen LogP contribution in [-0.4, -0.2) is 23.3 Å². The predicted molar refractivity (Wildman–Crippen MR) is 92.5 cm³/mol. The molecule has 4 rings (SSSR count). The fourth-order valence-electron chi connectivity index (χ4n) is 6.25. The maximum atomic E-state index is 12.5. The molecule has 24 heavy (non-hydrogen) atoms. The first-order valence-electron chi connectivity index (χ1n) is 9.33. The molecule has 0 N–H and O–H groups in total. The molecule has 0 spiro atoms. The predicted octanol–water partition coefficient (Wildman–Crippen LogP) is 4.02. The number of allylic oxidation sites excluding steroid dienone is 1. The Morgan fingerprint density at radius 1 is 1.21 bits per heavy atom. The first kappa shape index (κ1) is 16.3. The Morgan fingerprint density at radius 2 is 1.96 bits per heavy atom. The molecule has 5 atom stereocenters. The van der Waals surface area contributed by atoms with E-state index >= 15 is 0 Å². The first-order chi connectivity index (χ1) is 11.2. The van der Waals surface area contributed by atoms with E-state index in [0.29, 0.717) is 17.8 Å². The van der Waals surface area contributed by atoms with Gasteiger partial charge in [0, 0.05) is 0 Å². The molecule has 0 unspecified atom stereocenters. The highest BCUT2D eigenvalue weighted by atomic mass is 16.6. The second-order valence-corrected chi connectivity index (χ2v) is 9.34. The molecule has 0 aromatic rings. The Labute approximate surface area is 144 Å². The third-order valence-corrected chi connectivity index (χ3v) is 7.60. The number of ketones is 2. The Hall–Kier alpha value is -1.22. The van der Waals surface area contributed by atoms with E-state index in [1.165, 1.54) is 43.4 Å². The van der Waals surface area contributed by atoms with Crippen LogP contribution in [0.1, 0.15) is 59.3 Å². The van der Waals surface area contributed by atoms with Crippen LogP contribution in [0.15, 0.2) is 24.3 Å². The minimum Gasteiger partial charge on any atom is -0.349 e. The van der Waals surface area contributed by atoms with Crippen LogP contribution < -0.4 is 0 Å². The lowest BCUT2D eigenvalue weighted by Crippen LogP contribution is -2.51. The van der Waals surface area contributed by atoms with Crippen molar-refractivity contribution in [3.8, 4) is 0 Å². The quantitative estimate of drug-likeness (QED) is 0.568. The average Bonchev–Trinajstić information content (AvgIpc) is 3.23. The van der Waals surface area contributed by atoms with E-state index in [-0.39, 0.29) is 22.9 Å². The Kier molecular flexibility index (Phi) is 3.32. The molecule has 0 aromatic carbocycles. The summed E-state index contributed by atoms with van der Waals surface area (Å²) in [5.41, 5.74) is 0.864. The second kappa shape index (κ2) is 4.91. The summed E-state index contributed by atoms with van der Waals surface area (Å²) in [7, 11) is 0. The molecule has 0 radical (unpaired) electrons. The molecule has 3 aliphatic carbocycles. The number of fused-ring (bicyclic) bond motifs is 2. The standard InChI is InChI=1S/C21H28O3/c1-13-6-8-16-19(2,3)10-5-11-20(16,4)14(13)12-21-17(23)9-7-15(22)18(21)24-21/h7,9,14,16,18H,1,5-6,8,10-12H2,2-4H3/t14-,16-,18+,20+,21-/m0/s1. The van der Waals surface area contributed by atoms with Crippen LogP contribution >= 0.6 is 0 Å². The van der Waals surface area contributed by atoms with Crippen LogP contribution in [0, 0.1) is 22.7 Å². The van der Waals surface area contributed by atoms with Gasteiger partial charge in [0.1, 0.15) is 0 Å². The van der Waals surface area contributed by atoms with E-state index < -0.39 is 11.7 Å². The highest BCUT2D eigenvalue weighted by molar-refractivity contribution is 6.15. The maximum Gasteiger partial charge on any atom is 0.190 e. The molecule has 4 aliphatic rings. The molecule has 1 aliphatic heterocycles. The molecular weight excluding hydrogens is 300 g/mol. The lowest BCUT2D eigenvalue weighted by molar-refractivity contribution is -0.123. The topological polar surface area (TPSA) is 46.7 Å². The van der Waals surface area contributed by atoms with E-state index in [9.17, 15) is 9.59 Å². The van der Waals surface area contributed by atoms with Crippen LogP contribution in [0.5, 0.6) is 0 Å². The number of ether oxygens (including phenoxy) is 1. The summed E-state index contributed by atoms with van der Waals surface area (Å²) in [6.07, 6.45) is 8.81. The van der Waals surface area contributed by atoms with Crippen LogP contribution in [0.2, 0.25) is 0 Å². The number of epoxide rings is 1. The van der Waals surface area contributed by atoms with Gasteiger partial charge in [-0.3, -0.25) is 9.59 Å². The zero-order valence-corrected chi connectivity index (χ0v) is 15.1. The number of hydrogen-bond acceptors (Lipinski definition) is 3. The summed E-state index contributed by atoms with van der Waals surface area (Å²) in [4.78, 5) is 24.5. The van der Waals surface area contributed by atoms with Gasteiger partial charge in [-0.2, -0.15) is 0 Å². The third kappa shape index (κ3) is 2.06. The van der Waals surface area contributed by atoms with Crippen LogP contribution in [-0.2, 0) is 14.3 Å². The van der Waals surface area contributed by atoms with Crippen molar-refractivity contribution >= 4 is 11.6 Å². The molecular formula is C21H28O3. The van der Waals surface area contributed by atoms with E-state index in [4.69, 9.17) is 4.74 Å². The highest BCUT2D eigenvalue weighted by Gasteiger charge is 2.68. The van der Waals surface area contributed by atoms with Crippen molar-refractivity contribution in [2.24, 2.45) is 22.7 Å². The molecule has 0 aromatic heterocycles. The van der Waals surface area contributed by atoms with Gasteiger partial charge in [0.25, 0.3) is 0 Å². The summed E-state index contributed by atoms with van der Waals surface area (Å²) in [5.74, 6) is 0.833. The van der Waals surface area contributed by atoms with Crippen molar-refractivity contribution in [2.75, 3.05) is 0 Å². The van der Waals surface area contributed by atoms with Gasteiger partial charge in [-0.1, -0.05) is 39.3 Å². The first-order valence-corrected chi connectivity index (χ1v) is 9.33. The van der Waals surface area contributed by atoms with Crippen molar-refractivity contribution < 1.29 is 14.3 Å². The Bertz CT molecular complexity index is 658. The van der Waals surface area contributed by atoms with E-state index in [1.54, 1.807) is 0 Å². The molecule has 1 heterocycles. The SMILES string of the molecule is C=C1CC[C@H]2C(C)(C)CCC[C@]2(C)[C@H]1C[C@@]12O[C@@H]1C(=O)C=CC2=O. The summed E-state index contributed by atoms with van der Waals surface area (Å²) < 4.78 is 5.72. The van der Waals surface area contributed by atoms with Crippen LogP contribution in [0.4, 0.5) is 0 Å². The summed E-state index contributed by atoms with van der Waals surface area (Å²) >= 11 is 0. The van der Waals surface area contributed by atoms with E-state index in [1.807, 2.05) is 0 Å². The monoisotopic (exact) mass is 328 g/mol. The maximum absolute atomic E-state index is 12.5. The van der Waals surface area contributed by atoms with Gasteiger partial charge < -0.3 is 4.74 Å². The zero-order chi connectivity index (χ0) is 17.3. The lowest BCUT2D eigenvalue weighted by atomic mass is 9.46. The number of carbonyl (C=O) groups is 2. The van der Waals surface area contributed by atoms with E-state index in [0.717, 1.165) is 6.42 Å². The van der Waals surface area contributed by atoms with Crippen molar-refractivity contribution in [2.45, 2.75) is 71.0 Å². The minimum atomic E-state index is -0.883. The smallest absolute Gasteiger partial charge is 0.190 e. The van der Waals surface area contributed by atoms with Crippen molar-refractivity contribution in [1.82, 2.24) is 0 Å². The van der Waals surface area contributed by atoms with Gasteiger partial charge in [-0.15, -0.1) is 0 Å². The van der Waals surface area contributed by atoms with Gasteiger partial charge in [0.05, 0.1) is 0 Å². The van der Waals surface area contributed by atoms with E-state index in [2.05, 4.69) is 27.4 Å². The Balaban J connectivity index is 1.67. The minimum absolute atomic E-state index is 0.0271. The highest BCUT2D eigenvalue weighted by Crippen LogP contribution is 2.63. The molecule has 0 amide bonds. The summed E-state index contributed by atoms with van der Waals surface area (Å²) in [6.45, 7) is 11.6. The zero-order valence-electron chi connectivity index (χ0n) is 15.1. The molecule has 3 nitrogen and oxygen atoms in total. The number of carbonyl (C=O) groups excluding carboxylic acids is 2. The van der Waals surface area contributed by atoms with Gasteiger partial charge >= 0.3 is 0 Å². The fraction of sp³-hybridized carbons (Fsp3) is 0.714. The van der Waals surface area contributed by atoms with Gasteiger partial charge in [-0.05, 0) is 66.9 Å². The second-order valence-electron chi connectivity index (χ2n) is 9.34. The van der Waals surface area contributed by atoms with Crippen molar-refractivity contribution in [3.05, 3.63) is 24.3 Å². The summed E-state index contributed by atoms with van der Waals surface area (Å²) in [6, 6.07) is 0. The van der Waals surface area contributed by atoms with Gasteiger partial charge in [-0.25, -0.2) is 0 Å². The molecule has 3 heteroatoms. The summed E-state index contributed by atoms with van der Waals surface area (Å²) in [5, 5.41) is 0. The molecule has 1 saturated heterocycles. The molecule has 130 valence electrons. The molecule has 2 saturated carbocycles. The van der Waals surface area contributed by atoms with Crippen LogP contribution in [0.25, 0.3) is 0 Å². The largest absolute Gasteiger partial charge is 0.349 e. The fourth-order valence-corrected chi connectivity index (χ4v) is 6.25. The average molecular weight is 328 g/mol. The Morgan fingerprint density at radius 3 is 2.71 bits per heavy atom. The number of hydrogen-bond donors (Lipinski definition) is 0. The van der Waals surface area contributed by atoms with Crippen molar-refractivity contribution in [1.29, 1.82) is 0 Å². The van der Waals surface area contributed by atoms with Crippen LogP contribution in [0.3, 0.4) is 0 Å². The third-order valence-electron chi connectivity index (χ3n) is 7.60. The molecule has 0 bridgehead atoms. The van der Waals surface area contributed by atoms with Crippen molar-refractivity contribution in [3.63, 3.8) is 0 Å².